The second kappa shape index (κ2) is 4.42. The number of nitrogens with zero attached hydrogens (tertiary/aromatic N) is 1. The molecule has 0 amide bonds. The first kappa shape index (κ1) is 10.1. The van der Waals surface area contributed by atoms with Gasteiger partial charge in [0.15, 0.2) is 5.13 Å². The predicted molar refractivity (Wildman–Crippen MR) is 67.0 cm³/mol. The van der Waals surface area contributed by atoms with Crippen molar-refractivity contribution in [1.29, 1.82) is 0 Å². The van der Waals surface area contributed by atoms with E-state index < -0.39 is 0 Å². The van der Waals surface area contributed by atoms with Crippen molar-refractivity contribution in [3.63, 3.8) is 0 Å². The van der Waals surface area contributed by atoms with Gasteiger partial charge in [0.25, 0.3) is 0 Å². The standard InChI is InChI=1S/C11H13N3S/c1-13-7-3-5-8-4-2-6-9-10(8)14-11(12)15-9/h2-6,13H,7H2,1H3,(H2,12,14). The maximum Gasteiger partial charge on any atom is 0.181 e. The number of nitrogens with one attached hydrogen (secondary N) is 1. The van der Waals surface area contributed by atoms with E-state index in [9.17, 15) is 0 Å². The van der Waals surface area contributed by atoms with Crippen molar-refractivity contribution < 1.29 is 0 Å². The molecule has 0 aliphatic carbocycles. The molecule has 0 unspecified atom stereocenters. The number of fused-ring (bicyclic) bond motifs is 1. The quantitative estimate of drug-likeness (QED) is 0.831. The van der Waals surface area contributed by atoms with Crippen molar-refractivity contribution in [2.75, 3.05) is 19.3 Å². The van der Waals surface area contributed by atoms with E-state index in [0.717, 1.165) is 22.3 Å². The van der Waals surface area contributed by atoms with Crippen LogP contribution in [0.4, 0.5) is 5.13 Å². The van der Waals surface area contributed by atoms with Crippen molar-refractivity contribution in [2.24, 2.45) is 0 Å². The van der Waals surface area contributed by atoms with Crippen LogP contribution >= 0.6 is 11.3 Å². The zero-order chi connectivity index (χ0) is 10.7. The summed E-state index contributed by atoms with van der Waals surface area (Å²) in [7, 11) is 1.92. The molecular weight excluding hydrogens is 206 g/mol. The minimum Gasteiger partial charge on any atom is -0.375 e. The minimum atomic E-state index is 0.625. The summed E-state index contributed by atoms with van der Waals surface area (Å²) < 4.78 is 1.14. The number of rotatable bonds is 3. The molecule has 0 aliphatic rings. The molecule has 4 heteroatoms. The molecule has 1 aromatic carbocycles. The van der Waals surface area contributed by atoms with Gasteiger partial charge in [-0.05, 0) is 13.1 Å². The second-order valence-corrected chi connectivity index (χ2v) is 4.27. The van der Waals surface area contributed by atoms with E-state index in [2.05, 4.69) is 22.5 Å². The number of para-hydroxylation sites is 1. The normalized spacial score (nSPS) is 11.5. The summed E-state index contributed by atoms with van der Waals surface area (Å²) in [6.07, 6.45) is 4.14. The van der Waals surface area contributed by atoms with E-state index >= 15 is 0 Å². The topological polar surface area (TPSA) is 50.9 Å². The maximum atomic E-state index is 5.69. The van der Waals surface area contributed by atoms with Crippen molar-refractivity contribution >= 4 is 32.8 Å². The van der Waals surface area contributed by atoms with Gasteiger partial charge in [-0.25, -0.2) is 4.98 Å². The zero-order valence-corrected chi connectivity index (χ0v) is 9.34. The average molecular weight is 219 g/mol. The number of hydrogen-bond donors (Lipinski definition) is 2. The summed E-state index contributed by atoms with van der Waals surface area (Å²) in [6, 6.07) is 6.12. The highest BCUT2D eigenvalue weighted by Gasteiger charge is 2.03. The first-order chi connectivity index (χ1) is 7.31. The Kier molecular flexibility index (Phi) is 2.99. The van der Waals surface area contributed by atoms with Gasteiger partial charge in [0.1, 0.15) is 0 Å². The van der Waals surface area contributed by atoms with Gasteiger partial charge >= 0.3 is 0 Å². The Balaban J connectivity index is 2.41. The summed E-state index contributed by atoms with van der Waals surface area (Å²) in [5.41, 5.74) is 7.80. The lowest BCUT2D eigenvalue weighted by atomic mass is 10.2. The third kappa shape index (κ3) is 2.16. The van der Waals surface area contributed by atoms with Crippen LogP contribution in [0.25, 0.3) is 16.3 Å². The molecule has 0 radical (unpaired) electrons. The Hall–Kier alpha value is -1.39. The largest absolute Gasteiger partial charge is 0.375 e. The van der Waals surface area contributed by atoms with Crippen LogP contribution in [0.1, 0.15) is 5.56 Å². The van der Waals surface area contributed by atoms with Crippen LogP contribution in [0.5, 0.6) is 0 Å². The number of benzene rings is 1. The molecule has 3 nitrogen and oxygen atoms in total. The smallest absolute Gasteiger partial charge is 0.181 e. The van der Waals surface area contributed by atoms with Crippen LogP contribution in [-0.4, -0.2) is 18.6 Å². The number of thiazole rings is 1. The van der Waals surface area contributed by atoms with E-state index in [-0.39, 0.29) is 0 Å². The molecule has 0 saturated carbocycles. The molecule has 0 spiro atoms. The first-order valence-corrected chi connectivity index (χ1v) is 5.59. The second-order valence-electron chi connectivity index (χ2n) is 3.21. The van der Waals surface area contributed by atoms with Crippen molar-refractivity contribution in [3.8, 4) is 0 Å². The summed E-state index contributed by atoms with van der Waals surface area (Å²) in [4.78, 5) is 4.32. The number of nitrogen functional groups attached to an aromatic ring is 1. The zero-order valence-electron chi connectivity index (χ0n) is 8.53. The van der Waals surface area contributed by atoms with E-state index in [1.54, 1.807) is 0 Å². The molecule has 2 rings (SSSR count). The molecule has 3 N–H and O–H groups in total. The van der Waals surface area contributed by atoms with E-state index in [4.69, 9.17) is 5.73 Å². The van der Waals surface area contributed by atoms with Gasteiger partial charge < -0.3 is 11.1 Å². The molecule has 78 valence electrons. The van der Waals surface area contributed by atoms with Gasteiger partial charge in [0.05, 0.1) is 10.2 Å². The SMILES string of the molecule is CNCC=Cc1cccc2sc(N)nc12. The molecule has 1 heterocycles. The van der Waals surface area contributed by atoms with Crippen LogP contribution in [0.15, 0.2) is 24.3 Å². The Morgan fingerprint density at radius 1 is 1.53 bits per heavy atom. The lowest BCUT2D eigenvalue weighted by molar-refractivity contribution is 0.922. The van der Waals surface area contributed by atoms with Crippen LogP contribution in [0, 0.1) is 0 Å². The van der Waals surface area contributed by atoms with Crippen LogP contribution in [-0.2, 0) is 0 Å². The Morgan fingerprint density at radius 3 is 3.20 bits per heavy atom. The number of anilines is 1. The van der Waals surface area contributed by atoms with Crippen molar-refractivity contribution in [3.05, 3.63) is 29.8 Å². The Morgan fingerprint density at radius 2 is 2.40 bits per heavy atom. The summed E-state index contributed by atoms with van der Waals surface area (Å²) in [5, 5.41) is 3.69. The van der Waals surface area contributed by atoms with E-state index in [1.165, 1.54) is 11.3 Å². The molecule has 0 atom stereocenters. The average Bonchev–Trinajstić information content (AvgIpc) is 2.59. The lowest BCUT2D eigenvalue weighted by Crippen LogP contribution is -2.03. The van der Waals surface area contributed by atoms with Gasteiger partial charge in [-0.15, -0.1) is 0 Å². The van der Waals surface area contributed by atoms with E-state index in [1.807, 2.05) is 25.2 Å². The highest BCUT2D eigenvalue weighted by Crippen LogP contribution is 2.26. The summed E-state index contributed by atoms with van der Waals surface area (Å²) in [6.45, 7) is 0.857. The first-order valence-electron chi connectivity index (χ1n) is 4.77. The van der Waals surface area contributed by atoms with Crippen LogP contribution < -0.4 is 11.1 Å². The molecule has 0 fully saturated rings. The number of likely N-dealkylation sites (N-methyl/N-ethyl adjacent to an activating group) is 1. The minimum absolute atomic E-state index is 0.625. The molecule has 1 aromatic heterocycles. The monoisotopic (exact) mass is 219 g/mol. The Labute approximate surface area is 92.6 Å². The maximum absolute atomic E-state index is 5.69. The number of aromatic nitrogens is 1. The molecular formula is C11H13N3S. The van der Waals surface area contributed by atoms with Crippen LogP contribution in [0.3, 0.4) is 0 Å². The number of nitrogens with two attached hydrogens (primary N) is 1. The highest BCUT2D eigenvalue weighted by molar-refractivity contribution is 7.22. The third-order valence-electron chi connectivity index (χ3n) is 2.09. The highest BCUT2D eigenvalue weighted by atomic mass is 32.1. The number of hydrogen-bond acceptors (Lipinski definition) is 4. The molecule has 15 heavy (non-hydrogen) atoms. The predicted octanol–water partition coefficient (Wildman–Crippen LogP) is 2.11. The van der Waals surface area contributed by atoms with Gasteiger partial charge in [-0.1, -0.05) is 35.6 Å². The van der Waals surface area contributed by atoms with Crippen molar-refractivity contribution in [1.82, 2.24) is 10.3 Å². The third-order valence-corrected chi connectivity index (χ3v) is 2.94. The van der Waals surface area contributed by atoms with Crippen molar-refractivity contribution in [2.45, 2.75) is 0 Å². The lowest BCUT2D eigenvalue weighted by Gasteiger charge is -1.94. The molecule has 0 bridgehead atoms. The molecule has 0 aliphatic heterocycles. The van der Waals surface area contributed by atoms with Gasteiger partial charge in [0.2, 0.25) is 0 Å². The fourth-order valence-electron chi connectivity index (χ4n) is 1.43. The summed E-state index contributed by atoms with van der Waals surface area (Å²) >= 11 is 1.52. The van der Waals surface area contributed by atoms with Gasteiger partial charge in [-0.3, -0.25) is 0 Å². The fraction of sp³-hybridized carbons (Fsp3) is 0.182. The molecule has 2 aromatic rings. The van der Waals surface area contributed by atoms with E-state index in [0.29, 0.717) is 5.13 Å². The van der Waals surface area contributed by atoms with Gasteiger partial charge in [0, 0.05) is 12.1 Å². The fourth-order valence-corrected chi connectivity index (χ4v) is 2.19. The molecule has 0 saturated heterocycles. The van der Waals surface area contributed by atoms with Gasteiger partial charge in [-0.2, -0.15) is 0 Å². The Bertz CT molecular complexity index is 488. The summed E-state index contributed by atoms with van der Waals surface area (Å²) in [5.74, 6) is 0. The van der Waals surface area contributed by atoms with Crippen LogP contribution in [0.2, 0.25) is 0 Å².